The Morgan fingerprint density at radius 1 is 0.968 bits per heavy atom. The van der Waals surface area contributed by atoms with E-state index in [1.165, 1.54) is 30.7 Å². The van der Waals surface area contributed by atoms with Crippen LogP contribution in [0.5, 0.6) is 0 Å². The quantitative estimate of drug-likeness (QED) is 0.613. The third-order valence-corrected chi connectivity index (χ3v) is 5.79. The van der Waals surface area contributed by atoms with Crippen molar-refractivity contribution in [2.45, 2.75) is 44.6 Å². The van der Waals surface area contributed by atoms with Crippen molar-refractivity contribution in [1.82, 2.24) is 20.4 Å². The van der Waals surface area contributed by atoms with Crippen molar-refractivity contribution in [2.75, 3.05) is 44.6 Å². The molecule has 2 aliphatic rings. The smallest absolute Gasteiger partial charge is 0.315 e. The van der Waals surface area contributed by atoms with E-state index in [1.807, 2.05) is 4.90 Å². The molecule has 1 aromatic rings. The van der Waals surface area contributed by atoms with Gasteiger partial charge in [-0.05, 0) is 37.1 Å². The first-order valence-corrected chi connectivity index (χ1v) is 11.1. The van der Waals surface area contributed by atoms with Crippen LogP contribution >= 0.6 is 0 Å². The van der Waals surface area contributed by atoms with E-state index in [0.717, 1.165) is 25.7 Å². The van der Waals surface area contributed by atoms with Crippen LogP contribution in [0.1, 0.15) is 38.5 Å². The van der Waals surface area contributed by atoms with E-state index >= 15 is 0 Å². The lowest BCUT2D eigenvalue weighted by molar-refractivity contribution is -0.132. The number of nitrogens with zero attached hydrogens (tertiary/aromatic N) is 2. The van der Waals surface area contributed by atoms with E-state index in [4.69, 9.17) is 0 Å². The Morgan fingerprint density at radius 3 is 2.32 bits per heavy atom. The maximum atomic E-state index is 12.9. The number of amides is 4. The lowest BCUT2D eigenvalue weighted by atomic mass is 9.96. The van der Waals surface area contributed by atoms with Crippen LogP contribution in [0.15, 0.2) is 24.3 Å². The van der Waals surface area contributed by atoms with Gasteiger partial charge in [0.05, 0.1) is 6.54 Å². The maximum Gasteiger partial charge on any atom is 0.315 e. The molecule has 1 saturated carbocycles. The summed E-state index contributed by atoms with van der Waals surface area (Å²) >= 11 is 0. The van der Waals surface area contributed by atoms with Crippen molar-refractivity contribution in [2.24, 2.45) is 0 Å². The molecule has 0 aromatic heterocycles. The van der Waals surface area contributed by atoms with Crippen LogP contribution in [-0.2, 0) is 9.59 Å². The number of urea groups is 1. The summed E-state index contributed by atoms with van der Waals surface area (Å²) in [4.78, 5) is 40.3. The first-order valence-electron chi connectivity index (χ1n) is 11.1. The number of hydrogen-bond donors (Lipinski definition) is 3. The molecule has 1 aromatic carbocycles. The number of halogens is 1. The first kappa shape index (κ1) is 23.0. The second-order valence-corrected chi connectivity index (χ2v) is 8.20. The SMILES string of the molecule is O=C(CN1CCN(C(=O)CCNC(=O)NC2CCCCC2)CC1)Nc1ccc(F)cc1. The van der Waals surface area contributed by atoms with Gasteiger partial charge in [0.1, 0.15) is 5.82 Å². The molecular formula is C22H32FN5O3. The molecule has 1 saturated heterocycles. The van der Waals surface area contributed by atoms with Gasteiger partial charge < -0.3 is 20.9 Å². The fraction of sp³-hybridized carbons (Fsp3) is 0.591. The molecule has 8 nitrogen and oxygen atoms in total. The predicted octanol–water partition coefficient (Wildman–Crippen LogP) is 1.93. The molecule has 0 atom stereocenters. The van der Waals surface area contributed by atoms with Gasteiger partial charge >= 0.3 is 6.03 Å². The Balaban J connectivity index is 1.28. The van der Waals surface area contributed by atoms with Crippen molar-refractivity contribution in [3.8, 4) is 0 Å². The fourth-order valence-electron chi connectivity index (χ4n) is 4.02. The summed E-state index contributed by atoms with van der Waals surface area (Å²) in [6.45, 7) is 2.87. The number of piperazine rings is 1. The second-order valence-electron chi connectivity index (χ2n) is 8.20. The van der Waals surface area contributed by atoms with Crippen LogP contribution in [0.2, 0.25) is 0 Å². The van der Waals surface area contributed by atoms with Crippen LogP contribution in [0.25, 0.3) is 0 Å². The molecule has 1 heterocycles. The molecular weight excluding hydrogens is 401 g/mol. The van der Waals surface area contributed by atoms with Gasteiger partial charge in [-0.1, -0.05) is 19.3 Å². The van der Waals surface area contributed by atoms with Crippen molar-refractivity contribution in [1.29, 1.82) is 0 Å². The minimum atomic E-state index is -0.348. The van der Waals surface area contributed by atoms with Gasteiger partial charge in [-0.2, -0.15) is 0 Å². The van der Waals surface area contributed by atoms with Gasteiger partial charge in [-0.3, -0.25) is 14.5 Å². The highest BCUT2D eigenvalue weighted by atomic mass is 19.1. The molecule has 0 spiro atoms. The van der Waals surface area contributed by atoms with Crippen molar-refractivity contribution < 1.29 is 18.8 Å². The summed E-state index contributed by atoms with van der Waals surface area (Å²) < 4.78 is 12.9. The van der Waals surface area contributed by atoms with Gasteiger partial charge in [-0.25, -0.2) is 9.18 Å². The average Bonchev–Trinajstić information content (AvgIpc) is 2.76. The average molecular weight is 434 g/mol. The zero-order chi connectivity index (χ0) is 22.1. The number of carbonyl (C=O) groups excluding carboxylic acids is 3. The third-order valence-electron chi connectivity index (χ3n) is 5.79. The standard InChI is InChI=1S/C22H32FN5O3/c23-17-6-8-19(9-7-17)25-20(29)16-27-12-14-28(15-13-27)21(30)10-11-24-22(31)26-18-4-2-1-3-5-18/h6-9,18H,1-5,10-16H2,(H,25,29)(H2,24,26,31). The van der Waals surface area contributed by atoms with Crippen molar-refractivity contribution >= 4 is 23.5 Å². The fourth-order valence-corrected chi connectivity index (χ4v) is 4.02. The summed E-state index contributed by atoms with van der Waals surface area (Å²) in [6.07, 6.45) is 5.87. The lowest BCUT2D eigenvalue weighted by Crippen LogP contribution is -2.51. The summed E-state index contributed by atoms with van der Waals surface area (Å²) in [5.41, 5.74) is 0.556. The molecule has 2 fully saturated rings. The third kappa shape index (κ3) is 7.82. The van der Waals surface area contributed by atoms with Crippen LogP contribution in [0.4, 0.5) is 14.9 Å². The van der Waals surface area contributed by atoms with Gasteiger partial charge in [0.2, 0.25) is 11.8 Å². The minimum Gasteiger partial charge on any atom is -0.340 e. The monoisotopic (exact) mass is 433 g/mol. The molecule has 0 unspecified atom stereocenters. The zero-order valence-corrected chi connectivity index (χ0v) is 17.9. The molecule has 31 heavy (non-hydrogen) atoms. The molecule has 1 aliphatic carbocycles. The Hall–Kier alpha value is -2.68. The highest BCUT2D eigenvalue weighted by molar-refractivity contribution is 5.92. The van der Waals surface area contributed by atoms with Crippen LogP contribution in [0.3, 0.4) is 0 Å². The number of rotatable bonds is 7. The van der Waals surface area contributed by atoms with Gasteiger partial charge in [0, 0.05) is 50.9 Å². The van der Waals surface area contributed by atoms with Crippen LogP contribution < -0.4 is 16.0 Å². The first-order chi connectivity index (χ1) is 15.0. The molecule has 3 N–H and O–H groups in total. The number of nitrogens with one attached hydrogen (secondary N) is 3. The summed E-state index contributed by atoms with van der Waals surface area (Å²) in [7, 11) is 0. The van der Waals surface area contributed by atoms with E-state index in [-0.39, 0.29) is 42.7 Å². The number of anilines is 1. The molecule has 0 bridgehead atoms. The van der Waals surface area contributed by atoms with E-state index in [9.17, 15) is 18.8 Å². The van der Waals surface area contributed by atoms with Crippen LogP contribution in [-0.4, -0.2) is 73.0 Å². The Morgan fingerprint density at radius 2 is 1.65 bits per heavy atom. The molecule has 4 amide bonds. The van der Waals surface area contributed by atoms with Gasteiger partial charge in [0.25, 0.3) is 0 Å². The van der Waals surface area contributed by atoms with Crippen molar-refractivity contribution in [3.05, 3.63) is 30.1 Å². The predicted molar refractivity (Wildman–Crippen MR) is 116 cm³/mol. The number of benzene rings is 1. The van der Waals surface area contributed by atoms with Crippen LogP contribution in [0, 0.1) is 5.82 Å². The summed E-state index contributed by atoms with van der Waals surface area (Å²) in [6, 6.07) is 5.69. The van der Waals surface area contributed by atoms with E-state index in [0.29, 0.717) is 38.4 Å². The Labute approximate surface area is 182 Å². The minimum absolute atomic E-state index is 0.00776. The largest absolute Gasteiger partial charge is 0.340 e. The molecule has 9 heteroatoms. The topological polar surface area (TPSA) is 93.8 Å². The lowest BCUT2D eigenvalue weighted by Gasteiger charge is -2.34. The maximum absolute atomic E-state index is 12.9. The molecule has 0 radical (unpaired) electrons. The molecule has 3 rings (SSSR count). The zero-order valence-electron chi connectivity index (χ0n) is 17.9. The van der Waals surface area contributed by atoms with Crippen molar-refractivity contribution in [3.63, 3.8) is 0 Å². The summed E-state index contributed by atoms with van der Waals surface area (Å²) in [5, 5.41) is 8.50. The highest BCUT2D eigenvalue weighted by Crippen LogP contribution is 2.17. The summed E-state index contributed by atoms with van der Waals surface area (Å²) in [5.74, 6) is -0.508. The van der Waals surface area contributed by atoms with E-state index in [2.05, 4.69) is 16.0 Å². The highest BCUT2D eigenvalue weighted by Gasteiger charge is 2.22. The van der Waals surface area contributed by atoms with Gasteiger partial charge in [0.15, 0.2) is 0 Å². The Kier molecular flexibility index (Phi) is 8.63. The van der Waals surface area contributed by atoms with E-state index in [1.54, 1.807) is 4.90 Å². The molecule has 1 aliphatic heterocycles. The Bertz CT molecular complexity index is 744. The second kappa shape index (κ2) is 11.6. The number of carbonyl (C=O) groups is 3. The molecule has 170 valence electrons. The van der Waals surface area contributed by atoms with Gasteiger partial charge in [-0.15, -0.1) is 0 Å². The normalized spacial score (nSPS) is 17.8. The van der Waals surface area contributed by atoms with E-state index < -0.39 is 0 Å². The number of hydrogen-bond acceptors (Lipinski definition) is 4.